The molecule has 0 aromatic carbocycles. The molecule has 1 fully saturated rings. The van der Waals surface area contributed by atoms with Gasteiger partial charge in [0.15, 0.2) is 9.84 Å². The van der Waals surface area contributed by atoms with E-state index in [0.29, 0.717) is 0 Å². The van der Waals surface area contributed by atoms with Gasteiger partial charge in [-0.25, -0.2) is 8.42 Å². The monoisotopic (exact) mass is 191 g/mol. The summed E-state index contributed by atoms with van der Waals surface area (Å²) in [5.74, 6) is 0. The Balaban J connectivity index is 3.01. The molecular weight excluding hydrogens is 174 g/mol. The minimum atomic E-state index is -3.04. The summed E-state index contributed by atoms with van der Waals surface area (Å²) in [6, 6.07) is 0. The summed E-state index contributed by atoms with van der Waals surface area (Å²) >= 11 is 0. The van der Waals surface area contributed by atoms with Crippen molar-refractivity contribution in [1.29, 1.82) is 0 Å². The molecule has 3 nitrogen and oxygen atoms in total. The van der Waals surface area contributed by atoms with Gasteiger partial charge in [-0.15, -0.1) is 0 Å². The van der Waals surface area contributed by atoms with Crippen LogP contribution in [0.15, 0.2) is 0 Å². The summed E-state index contributed by atoms with van der Waals surface area (Å²) in [5.41, 5.74) is 5.44. The van der Waals surface area contributed by atoms with Crippen molar-refractivity contribution >= 4 is 9.84 Å². The SMILES string of the molecule is CC(C)(CN)S(=O)(=O)C1(C)CC1. The fourth-order valence-electron chi connectivity index (χ4n) is 1.22. The van der Waals surface area contributed by atoms with E-state index in [1.807, 2.05) is 0 Å². The standard InChI is InChI=1S/C8H17NO2S/c1-7(2,6-9)12(10,11)8(3)4-5-8/h4-6,9H2,1-3H3. The Labute approximate surface area is 74.3 Å². The smallest absolute Gasteiger partial charge is 0.162 e. The van der Waals surface area contributed by atoms with Crippen molar-refractivity contribution < 1.29 is 8.42 Å². The highest BCUT2D eigenvalue weighted by atomic mass is 32.2. The Morgan fingerprint density at radius 1 is 1.42 bits per heavy atom. The van der Waals surface area contributed by atoms with Gasteiger partial charge in [0.1, 0.15) is 0 Å². The lowest BCUT2D eigenvalue weighted by Crippen LogP contribution is -2.45. The van der Waals surface area contributed by atoms with E-state index in [9.17, 15) is 8.42 Å². The third kappa shape index (κ3) is 1.17. The van der Waals surface area contributed by atoms with Gasteiger partial charge >= 0.3 is 0 Å². The number of hydrogen-bond acceptors (Lipinski definition) is 3. The fourth-order valence-corrected chi connectivity index (χ4v) is 3.41. The molecule has 0 atom stereocenters. The van der Waals surface area contributed by atoms with Crippen LogP contribution in [0.5, 0.6) is 0 Å². The van der Waals surface area contributed by atoms with E-state index in [2.05, 4.69) is 0 Å². The minimum Gasteiger partial charge on any atom is -0.329 e. The predicted octanol–water partition coefficient (Wildman–Crippen LogP) is 0.691. The first-order valence-corrected chi connectivity index (χ1v) is 5.69. The average Bonchev–Trinajstić information content (AvgIpc) is 2.69. The molecule has 0 aromatic heterocycles. The second kappa shape index (κ2) is 2.45. The quantitative estimate of drug-likeness (QED) is 0.714. The molecule has 1 aliphatic rings. The average molecular weight is 191 g/mol. The summed E-state index contributed by atoms with van der Waals surface area (Å²) in [6.07, 6.45) is 1.58. The van der Waals surface area contributed by atoms with Crippen LogP contribution in [0.4, 0.5) is 0 Å². The van der Waals surface area contributed by atoms with E-state index in [1.165, 1.54) is 0 Å². The first kappa shape index (κ1) is 9.99. The van der Waals surface area contributed by atoms with E-state index in [0.717, 1.165) is 12.8 Å². The summed E-state index contributed by atoms with van der Waals surface area (Å²) in [5, 5.41) is 0. The van der Waals surface area contributed by atoms with Gasteiger partial charge in [-0.1, -0.05) is 0 Å². The molecule has 1 rings (SSSR count). The molecular formula is C8H17NO2S. The van der Waals surface area contributed by atoms with E-state index in [1.54, 1.807) is 20.8 Å². The molecule has 72 valence electrons. The highest BCUT2D eigenvalue weighted by Gasteiger charge is 2.55. The summed E-state index contributed by atoms with van der Waals surface area (Å²) < 4.78 is 22.5. The zero-order valence-corrected chi connectivity index (χ0v) is 8.74. The van der Waals surface area contributed by atoms with Crippen molar-refractivity contribution in [2.45, 2.75) is 43.1 Å². The van der Waals surface area contributed by atoms with Gasteiger partial charge in [-0.05, 0) is 33.6 Å². The molecule has 0 spiro atoms. The number of nitrogens with two attached hydrogens (primary N) is 1. The molecule has 12 heavy (non-hydrogen) atoms. The van der Waals surface area contributed by atoms with E-state index >= 15 is 0 Å². The molecule has 0 unspecified atom stereocenters. The first-order valence-electron chi connectivity index (χ1n) is 4.21. The molecule has 0 bridgehead atoms. The third-order valence-electron chi connectivity index (χ3n) is 2.82. The van der Waals surface area contributed by atoms with Crippen molar-refractivity contribution in [3.8, 4) is 0 Å². The predicted molar refractivity (Wildman–Crippen MR) is 49.7 cm³/mol. The van der Waals surface area contributed by atoms with Gasteiger partial charge in [0.2, 0.25) is 0 Å². The number of sulfone groups is 1. The topological polar surface area (TPSA) is 60.2 Å². The van der Waals surface area contributed by atoms with E-state index < -0.39 is 19.3 Å². The van der Waals surface area contributed by atoms with Crippen LogP contribution < -0.4 is 5.73 Å². The molecule has 1 aliphatic carbocycles. The Kier molecular flexibility index (Phi) is 2.04. The van der Waals surface area contributed by atoms with Crippen molar-refractivity contribution in [3.05, 3.63) is 0 Å². The molecule has 0 heterocycles. The highest BCUT2D eigenvalue weighted by molar-refractivity contribution is 7.94. The van der Waals surface area contributed by atoms with E-state index in [4.69, 9.17) is 5.73 Å². The maximum atomic E-state index is 11.9. The molecule has 4 heteroatoms. The summed E-state index contributed by atoms with van der Waals surface area (Å²) in [7, 11) is -3.04. The molecule has 0 saturated heterocycles. The second-order valence-corrected chi connectivity index (χ2v) is 7.51. The molecule has 0 radical (unpaired) electrons. The molecule has 1 saturated carbocycles. The summed E-state index contributed by atoms with van der Waals surface area (Å²) in [6.45, 7) is 5.41. The third-order valence-corrected chi connectivity index (χ3v) is 6.15. The normalized spacial score (nSPS) is 22.3. The second-order valence-electron chi connectivity index (χ2n) is 4.42. The first-order chi connectivity index (χ1) is 5.27. The molecule has 2 N–H and O–H groups in total. The van der Waals surface area contributed by atoms with Crippen LogP contribution in [0.2, 0.25) is 0 Å². The zero-order chi connectivity index (χ0) is 9.62. The van der Waals surface area contributed by atoms with Crippen LogP contribution in [0.3, 0.4) is 0 Å². The van der Waals surface area contributed by atoms with Gasteiger partial charge in [-0.2, -0.15) is 0 Å². The largest absolute Gasteiger partial charge is 0.329 e. The molecule has 0 aromatic rings. The van der Waals surface area contributed by atoms with Crippen molar-refractivity contribution in [2.75, 3.05) is 6.54 Å². The Morgan fingerprint density at radius 3 is 2.08 bits per heavy atom. The van der Waals surface area contributed by atoms with Crippen LogP contribution in [0.1, 0.15) is 33.6 Å². The number of hydrogen-bond donors (Lipinski definition) is 1. The Bertz CT molecular complexity index is 275. The Hall–Kier alpha value is -0.0900. The summed E-state index contributed by atoms with van der Waals surface area (Å²) in [4.78, 5) is 0. The van der Waals surface area contributed by atoms with Gasteiger partial charge < -0.3 is 5.73 Å². The van der Waals surface area contributed by atoms with Gasteiger partial charge in [0.05, 0.1) is 9.49 Å². The highest BCUT2D eigenvalue weighted by Crippen LogP contribution is 2.47. The van der Waals surface area contributed by atoms with Gasteiger partial charge in [-0.3, -0.25) is 0 Å². The minimum absolute atomic E-state index is 0.199. The lowest BCUT2D eigenvalue weighted by Gasteiger charge is -2.26. The van der Waals surface area contributed by atoms with E-state index in [-0.39, 0.29) is 6.54 Å². The number of rotatable bonds is 3. The lowest BCUT2D eigenvalue weighted by atomic mass is 10.2. The molecule has 0 amide bonds. The van der Waals surface area contributed by atoms with Crippen LogP contribution in [-0.4, -0.2) is 24.5 Å². The Morgan fingerprint density at radius 2 is 1.83 bits per heavy atom. The lowest BCUT2D eigenvalue weighted by molar-refractivity contribution is 0.534. The molecule has 0 aliphatic heterocycles. The van der Waals surface area contributed by atoms with Gasteiger partial charge in [0.25, 0.3) is 0 Å². The van der Waals surface area contributed by atoms with Gasteiger partial charge in [0, 0.05) is 6.54 Å². The van der Waals surface area contributed by atoms with Crippen LogP contribution in [-0.2, 0) is 9.84 Å². The fraction of sp³-hybridized carbons (Fsp3) is 1.00. The maximum absolute atomic E-state index is 11.9. The van der Waals surface area contributed by atoms with Crippen LogP contribution >= 0.6 is 0 Å². The van der Waals surface area contributed by atoms with Crippen molar-refractivity contribution in [3.63, 3.8) is 0 Å². The van der Waals surface area contributed by atoms with Crippen LogP contribution in [0.25, 0.3) is 0 Å². The van der Waals surface area contributed by atoms with Crippen molar-refractivity contribution in [1.82, 2.24) is 0 Å². The van der Waals surface area contributed by atoms with Crippen molar-refractivity contribution in [2.24, 2.45) is 5.73 Å². The van der Waals surface area contributed by atoms with Crippen LogP contribution in [0, 0.1) is 0 Å². The maximum Gasteiger partial charge on any atom is 0.162 e. The zero-order valence-electron chi connectivity index (χ0n) is 7.92.